The second-order valence-electron chi connectivity index (χ2n) is 5.69. The fraction of sp³-hybridized carbons (Fsp3) is 0.471. The number of rotatable bonds is 5. The summed E-state index contributed by atoms with van der Waals surface area (Å²) in [4.78, 5) is 12.3. The fourth-order valence-electron chi connectivity index (χ4n) is 2.47. The van der Waals surface area contributed by atoms with Crippen molar-refractivity contribution in [3.05, 3.63) is 34.9 Å². The minimum absolute atomic E-state index is 0.127. The molecule has 0 spiro atoms. The van der Waals surface area contributed by atoms with Gasteiger partial charge in [0, 0.05) is 29.6 Å². The molecule has 0 saturated heterocycles. The minimum atomic E-state index is 0.127. The molecule has 0 aromatic heterocycles. The maximum atomic E-state index is 12.3. The molecule has 1 aromatic carbocycles. The van der Waals surface area contributed by atoms with E-state index in [-0.39, 0.29) is 5.92 Å². The molecule has 2 nitrogen and oxygen atoms in total. The zero-order valence-electron chi connectivity index (χ0n) is 12.3. The van der Waals surface area contributed by atoms with Gasteiger partial charge < -0.3 is 5.32 Å². The van der Waals surface area contributed by atoms with Crippen LogP contribution in [-0.4, -0.2) is 11.8 Å². The van der Waals surface area contributed by atoms with Crippen LogP contribution in [0.2, 0.25) is 0 Å². The molecule has 1 atom stereocenters. The van der Waals surface area contributed by atoms with Crippen LogP contribution in [0, 0.1) is 5.92 Å². The van der Waals surface area contributed by atoms with E-state index in [9.17, 15) is 4.79 Å². The summed E-state index contributed by atoms with van der Waals surface area (Å²) in [6, 6.07) is 6.65. The number of nitrogens with one attached hydrogen (secondary N) is 1. The van der Waals surface area contributed by atoms with Crippen molar-refractivity contribution < 1.29 is 4.79 Å². The van der Waals surface area contributed by atoms with Crippen molar-refractivity contribution in [2.75, 3.05) is 5.32 Å². The number of allylic oxidation sites excluding steroid dienone is 1. The Morgan fingerprint density at radius 2 is 2.05 bits per heavy atom. The number of anilines is 1. The summed E-state index contributed by atoms with van der Waals surface area (Å²) in [6.07, 6.45) is 3.74. The molecular weight excluding hydrogens is 234 g/mol. The third-order valence-electron chi connectivity index (χ3n) is 3.73. The van der Waals surface area contributed by atoms with Gasteiger partial charge in [-0.15, -0.1) is 0 Å². The molecule has 1 N–H and O–H groups in total. The van der Waals surface area contributed by atoms with Gasteiger partial charge in [-0.2, -0.15) is 0 Å². The molecule has 0 saturated carbocycles. The second-order valence-corrected chi connectivity index (χ2v) is 5.69. The molecule has 0 radical (unpaired) electrons. The number of benzene rings is 1. The zero-order chi connectivity index (χ0) is 14.0. The van der Waals surface area contributed by atoms with Crippen molar-refractivity contribution in [2.24, 2.45) is 5.92 Å². The first-order valence-electron chi connectivity index (χ1n) is 7.16. The molecule has 0 fully saturated rings. The minimum Gasteiger partial charge on any atom is -0.383 e. The van der Waals surface area contributed by atoms with E-state index in [4.69, 9.17) is 0 Å². The van der Waals surface area contributed by atoms with E-state index < -0.39 is 0 Å². The van der Waals surface area contributed by atoms with Crippen molar-refractivity contribution in [1.82, 2.24) is 0 Å². The molecule has 1 aromatic rings. The highest BCUT2D eigenvalue weighted by molar-refractivity contribution is 6.03. The summed E-state index contributed by atoms with van der Waals surface area (Å²) in [6.45, 7) is 8.34. The summed E-state index contributed by atoms with van der Waals surface area (Å²) in [5.41, 5.74) is 4.58. The highest BCUT2D eigenvalue weighted by atomic mass is 16.1. The lowest BCUT2D eigenvalue weighted by molar-refractivity contribution is -0.118. The number of ketones is 1. The predicted molar refractivity (Wildman–Crippen MR) is 81.3 cm³/mol. The molecule has 0 aliphatic heterocycles. The second kappa shape index (κ2) is 5.60. The normalized spacial score (nSPS) is 15.1. The Balaban J connectivity index is 2.24. The number of hydrogen-bond donors (Lipinski definition) is 1. The number of carbonyl (C=O) groups is 1. The maximum absolute atomic E-state index is 12.3. The Bertz CT molecular complexity index is 514. The van der Waals surface area contributed by atoms with Crippen LogP contribution >= 0.6 is 0 Å². The van der Waals surface area contributed by atoms with Gasteiger partial charge in [0.25, 0.3) is 0 Å². The highest BCUT2D eigenvalue weighted by Gasteiger charge is 2.23. The topological polar surface area (TPSA) is 29.1 Å². The molecule has 2 heteroatoms. The molecule has 0 amide bonds. The first-order valence-corrected chi connectivity index (χ1v) is 7.16. The molecule has 102 valence electrons. The van der Waals surface area contributed by atoms with Gasteiger partial charge in [0.1, 0.15) is 0 Å². The molecule has 19 heavy (non-hydrogen) atoms. The van der Waals surface area contributed by atoms with Crippen molar-refractivity contribution in [1.29, 1.82) is 0 Å². The maximum Gasteiger partial charge on any atom is 0.162 e. The largest absolute Gasteiger partial charge is 0.383 e. The number of carbonyl (C=O) groups excluding carboxylic acids is 1. The van der Waals surface area contributed by atoms with Crippen LogP contribution in [0.25, 0.3) is 6.08 Å². The summed E-state index contributed by atoms with van der Waals surface area (Å²) in [5.74, 6) is 0.427. The molecule has 0 heterocycles. The van der Waals surface area contributed by atoms with Crippen LogP contribution in [0.4, 0.5) is 5.69 Å². The Morgan fingerprint density at radius 3 is 2.68 bits per heavy atom. The summed E-state index contributed by atoms with van der Waals surface area (Å²) < 4.78 is 0. The van der Waals surface area contributed by atoms with Crippen molar-refractivity contribution >= 4 is 17.5 Å². The molecular formula is C17H23NO. The summed E-state index contributed by atoms with van der Waals surface area (Å²) >= 11 is 0. The smallest absolute Gasteiger partial charge is 0.162 e. The van der Waals surface area contributed by atoms with Gasteiger partial charge in [0.05, 0.1) is 0 Å². The zero-order valence-corrected chi connectivity index (χ0v) is 12.3. The fourth-order valence-corrected chi connectivity index (χ4v) is 2.47. The Kier molecular flexibility index (Phi) is 4.08. The standard InChI is InChI=1S/C17H23NO/c1-5-12(4)17(19)14-9-13-7-6-8-16(15(13)10-14)18-11(2)3/h6-9,11-12,18H,5,10H2,1-4H3. The number of hydrogen-bond acceptors (Lipinski definition) is 2. The lowest BCUT2D eigenvalue weighted by Gasteiger charge is -2.14. The van der Waals surface area contributed by atoms with Gasteiger partial charge in [-0.3, -0.25) is 4.79 Å². The predicted octanol–water partition coefficient (Wildman–Crippen LogP) is 4.06. The van der Waals surface area contributed by atoms with E-state index in [1.807, 2.05) is 6.92 Å². The average Bonchev–Trinajstić information content (AvgIpc) is 2.81. The van der Waals surface area contributed by atoms with E-state index in [0.29, 0.717) is 11.8 Å². The van der Waals surface area contributed by atoms with Crippen molar-refractivity contribution in [3.8, 4) is 0 Å². The summed E-state index contributed by atoms with van der Waals surface area (Å²) in [7, 11) is 0. The third-order valence-corrected chi connectivity index (χ3v) is 3.73. The average molecular weight is 257 g/mol. The highest BCUT2D eigenvalue weighted by Crippen LogP contribution is 2.33. The Labute approximate surface area is 115 Å². The van der Waals surface area contributed by atoms with E-state index >= 15 is 0 Å². The van der Waals surface area contributed by atoms with Gasteiger partial charge in [-0.1, -0.05) is 26.0 Å². The molecule has 1 aliphatic rings. The van der Waals surface area contributed by atoms with Crippen LogP contribution in [0.3, 0.4) is 0 Å². The lowest BCUT2D eigenvalue weighted by atomic mass is 9.95. The Morgan fingerprint density at radius 1 is 1.32 bits per heavy atom. The monoisotopic (exact) mass is 257 g/mol. The first-order chi connectivity index (χ1) is 9.02. The van der Waals surface area contributed by atoms with Gasteiger partial charge in [-0.05, 0) is 43.5 Å². The quantitative estimate of drug-likeness (QED) is 0.861. The van der Waals surface area contributed by atoms with Gasteiger partial charge in [0.2, 0.25) is 0 Å². The van der Waals surface area contributed by atoms with Crippen molar-refractivity contribution in [2.45, 2.75) is 46.6 Å². The van der Waals surface area contributed by atoms with Gasteiger partial charge in [-0.25, -0.2) is 0 Å². The van der Waals surface area contributed by atoms with Crippen LogP contribution in [0.1, 0.15) is 45.2 Å². The lowest BCUT2D eigenvalue weighted by Crippen LogP contribution is -2.14. The number of Topliss-reactive ketones (excluding diaryl/α,β-unsaturated/α-hetero) is 1. The molecule has 1 unspecified atom stereocenters. The van der Waals surface area contributed by atoms with E-state index in [1.54, 1.807) is 0 Å². The van der Waals surface area contributed by atoms with Crippen LogP contribution in [-0.2, 0) is 11.2 Å². The molecule has 1 aliphatic carbocycles. The van der Waals surface area contributed by atoms with Crippen molar-refractivity contribution in [3.63, 3.8) is 0 Å². The molecule has 2 rings (SSSR count). The number of fused-ring (bicyclic) bond motifs is 1. The van der Waals surface area contributed by atoms with Gasteiger partial charge in [0.15, 0.2) is 5.78 Å². The SMILES string of the molecule is CCC(C)C(=O)C1=Cc2cccc(NC(C)C)c2C1. The van der Waals surface area contributed by atoms with E-state index in [0.717, 1.165) is 24.1 Å². The van der Waals surface area contributed by atoms with E-state index in [1.165, 1.54) is 11.1 Å². The first kappa shape index (κ1) is 13.9. The van der Waals surface area contributed by atoms with Crippen LogP contribution in [0.5, 0.6) is 0 Å². The van der Waals surface area contributed by atoms with Gasteiger partial charge >= 0.3 is 0 Å². The summed E-state index contributed by atoms with van der Waals surface area (Å²) in [5, 5.41) is 3.46. The van der Waals surface area contributed by atoms with Crippen LogP contribution < -0.4 is 5.32 Å². The third kappa shape index (κ3) is 2.89. The van der Waals surface area contributed by atoms with Crippen LogP contribution in [0.15, 0.2) is 23.8 Å². The molecule has 0 bridgehead atoms. The van der Waals surface area contributed by atoms with E-state index in [2.05, 4.69) is 50.4 Å². The Hall–Kier alpha value is -1.57.